The quantitative estimate of drug-likeness (QED) is 0.832. The van der Waals surface area contributed by atoms with Crippen LogP contribution < -0.4 is 10.2 Å². The zero-order chi connectivity index (χ0) is 15.1. The largest absolute Gasteiger partial charge is 0.434 e. The summed E-state index contributed by atoms with van der Waals surface area (Å²) in [6.07, 6.45) is 0. The topological polar surface area (TPSA) is 47.6 Å². The van der Waals surface area contributed by atoms with E-state index in [1.54, 1.807) is 6.07 Å². The highest BCUT2D eigenvalue weighted by molar-refractivity contribution is 5.96. The number of hydrogen-bond donors (Lipinski definition) is 1. The van der Waals surface area contributed by atoms with Crippen molar-refractivity contribution in [2.24, 2.45) is 0 Å². The zero-order valence-corrected chi connectivity index (χ0v) is 11.0. The summed E-state index contributed by atoms with van der Waals surface area (Å²) in [6, 6.07) is 14.9. The molecule has 2 aromatic carbocycles. The first-order valence-electron chi connectivity index (χ1n) is 6.16. The molecule has 0 saturated carbocycles. The number of para-hydroxylation sites is 1. The lowest BCUT2D eigenvalue weighted by Gasteiger charge is -2.10. The number of ether oxygens (including phenoxy) is 1. The maximum absolute atomic E-state index is 12.3. The van der Waals surface area contributed by atoms with E-state index in [-0.39, 0.29) is 17.9 Å². The van der Waals surface area contributed by atoms with E-state index in [0.29, 0.717) is 0 Å². The minimum absolute atomic E-state index is 0.0224. The van der Waals surface area contributed by atoms with E-state index in [9.17, 15) is 13.6 Å². The minimum Gasteiger partial charge on any atom is -0.434 e. The van der Waals surface area contributed by atoms with Gasteiger partial charge in [0.1, 0.15) is 5.75 Å². The van der Waals surface area contributed by atoms with Gasteiger partial charge in [-0.3, -0.25) is 9.63 Å². The number of alkyl halides is 2. The Hall–Kier alpha value is -2.47. The molecule has 21 heavy (non-hydrogen) atoms. The van der Waals surface area contributed by atoms with Crippen molar-refractivity contribution in [2.75, 3.05) is 0 Å². The summed E-state index contributed by atoms with van der Waals surface area (Å²) >= 11 is 0. The molecule has 2 aromatic rings. The molecule has 0 bridgehead atoms. The third-order valence-electron chi connectivity index (χ3n) is 2.59. The Morgan fingerprint density at radius 2 is 1.71 bits per heavy atom. The Balaban J connectivity index is 1.94. The van der Waals surface area contributed by atoms with E-state index in [1.807, 2.05) is 30.3 Å². The Labute approximate surface area is 120 Å². The van der Waals surface area contributed by atoms with Crippen molar-refractivity contribution in [2.45, 2.75) is 13.2 Å². The molecule has 0 heterocycles. The van der Waals surface area contributed by atoms with E-state index >= 15 is 0 Å². The number of rotatable bonds is 6. The van der Waals surface area contributed by atoms with Crippen molar-refractivity contribution in [3.63, 3.8) is 0 Å². The highest BCUT2D eigenvalue weighted by Gasteiger charge is 2.15. The van der Waals surface area contributed by atoms with Crippen molar-refractivity contribution < 1.29 is 23.1 Å². The van der Waals surface area contributed by atoms with Gasteiger partial charge in [-0.05, 0) is 17.7 Å². The fourth-order valence-corrected chi connectivity index (χ4v) is 1.67. The molecule has 110 valence electrons. The first kappa shape index (κ1) is 14.9. The number of benzene rings is 2. The lowest BCUT2D eigenvalue weighted by molar-refractivity contribution is -0.0504. The monoisotopic (exact) mass is 293 g/mol. The number of halogens is 2. The normalized spacial score (nSPS) is 10.4. The first-order chi connectivity index (χ1) is 10.2. The number of hydroxylamine groups is 1. The van der Waals surface area contributed by atoms with Gasteiger partial charge in [0.2, 0.25) is 0 Å². The number of carbonyl (C=O) groups is 1. The summed E-state index contributed by atoms with van der Waals surface area (Å²) in [4.78, 5) is 16.9. The maximum atomic E-state index is 12.3. The van der Waals surface area contributed by atoms with Crippen LogP contribution in [0.5, 0.6) is 5.75 Å². The smallest absolute Gasteiger partial charge is 0.387 e. The van der Waals surface area contributed by atoms with Crippen LogP contribution in [0.15, 0.2) is 54.6 Å². The summed E-state index contributed by atoms with van der Waals surface area (Å²) in [5.74, 6) is -0.851. The fourth-order valence-electron chi connectivity index (χ4n) is 1.67. The average Bonchev–Trinajstić information content (AvgIpc) is 2.48. The molecule has 0 aliphatic heterocycles. The van der Waals surface area contributed by atoms with Crippen LogP contribution in [0, 0.1) is 0 Å². The molecule has 0 spiro atoms. The number of carbonyl (C=O) groups excluding carboxylic acids is 1. The van der Waals surface area contributed by atoms with Crippen molar-refractivity contribution in [3.05, 3.63) is 65.7 Å². The van der Waals surface area contributed by atoms with Crippen molar-refractivity contribution in [1.29, 1.82) is 0 Å². The first-order valence-corrected chi connectivity index (χ1v) is 6.16. The van der Waals surface area contributed by atoms with Gasteiger partial charge in [-0.15, -0.1) is 0 Å². The summed E-state index contributed by atoms with van der Waals surface area (Å²) in [6.45, 7) is -2.83. The molecule has 0 aliphatic carbocycles. The highest BCUT2D eigenvalue weighted by Crippen LogP contribution is 2.20. The summed E-state index contributed by atoms with van der Waals surface area (Å²) < 4.78 is 28.8. The number of amides is 1. The molecule has 0 atom stereocenters. The average molecular weight is 293 g/mol. The molecule has 0 fully saturated rings. The molecule has 0 radical (unpaired) electrons. The summed E-state index contributed by atoms with van der Waals surface area (Å²) in [5.41, 5.74) is 3.05. The van der Waals surface area contributed by atoms with Crippen LogP contribution >= 0.6 is 0 Å². The standard InChI is InChI=1S/C15H13F2NO3/c16-15(17)21-13-9-5-4-8-12(13)14(19)18-20-10-11-6-2-1-3-7-11/h1-9,15H,10H2,(H,18,19). The lowest BCUT2D eigenvalue weighted by Crippen LogP contribution is -2.24. The molecule has 0 aromatic heterocycles. The van der Waals surface area contributed by atoms with Crippen LogP contribution in [-0.2, 0) is 11.4 Å². The molecule has 1 amide bonds. The minimum atomic E-state index is -3.00. The van der Waals surface area contributed by atoms with Crippen LogP contribution in [0.3, 0.4) is 0 Å². The van der Waals surface area contributed by atoms with Gasteiger partial charge in [0.15, 0.2) is 0 Å². The van der Waals surface area contributed by atoms with Gasteiger partial charge in [-0.1, -0.05) is 42.5 Å². The van der Waals surface area contributed by atoms with Crippen LogP contribution in [-0.4, -0.2) is 12.5 Å². The number of nitrogens with one attached hydrogen (secondary N) is 1. The molecule has 2 rings (SSSR count). The zero-order valence-electron chi connectivity index (χ0n) is 11.0. The van der Waals surface area contributed by atoms with Gasteiger partial charge in [0.05, 0.1) is 12.2 Å². The molecule has 0 unspecified atom stereocenters. The van der Waals surface area contributed by atoms with Gasteiger partial charge < -0.3 is 4.74 Å². The molecule has 0 saturated heterocycles. The fraction of sp³-hybridized carbons (Fsp3) is 0.133. The van der Waals surface area contributed by atoms with Gasteiger partial charge in [-0.25, -0.2) is 5.48 Å². The molecule has 0 aliphatic rings. The van der Waals surface area contributed by atoms with E-state index in [2.05, 4.69) is 10.2 Å². The maximum Gasteiger partial charge on any atom is 0.387 e. The third kappa shape index (κ3) is 4.54. The second kappa shape index (κ2) is 7.35. The Morgan fingerprint density at radius 1 is 1.05 bits per heavy atom. The second-order valence-electron chi connectivity index (χ2n) is 4.08. The highest BCUT2D eigenvalue weighted by atomic mass is 19.3. The molecule has 6 heteroatoms. The van der Waals surface area contributed by atoms with Gasteiger partial charge in [-0.2, -0.15) is 8.78 Å². The van der Waals surface area contributed by atoms with Crippen LogP contribution in [0.2, 0.25) is 0 Å². The van der Waals surface area contributed by atoms with Crippen molar-refractivity contribution in [1.82, 2.24) is 5.48 Å². The van der Waals surface area contributed by atoms with E-state index in [1.165, 1.54) is 18.2 Å². The van der Waals surface area contributed by atoms with Crippen molar-refractivity contribution >= 4 is 5.91 Å². The summed E-state index contributed by atoms with van der Waals surface area (Å²) in [5, 5.41) is 0. The third-order valence-corrected chi connectivity index (χ3v) is 2.59. The van der Waals surface area contributed by atoms with Crippen LogP contribution in [0.1, 0.15) is 15.9 Å². The van der Waals surface area contributed by atoms with Gasteiger partial charge in [0.25, 0.3) is 5.91 Å². The predicted molar refractivity (Wildman–Crippen MR) is 71.8 cm³/mol. The van der Waals surface area contributed by atoms with E-state index in [4.69, 9.17) is 4.84 Å². The lowest BCUT2D eigenvalue weighted by atomic mass is 10.2. The Kier molecular flexibility index (Phi) is 5.22. The van der Waals surface area contributed by atoms with E-state index < -0.39 is 12.5 Å². The SMILES string of the molecule is O=C(NOCc1ccccc1)c1ccccc1OC(F)F. The second-order valence-corrected chi connectivity index (χ2v) is 4.08. The van der Waals surface area contributed by atoms with Crippen LogP contribution in [0.25, 0.3) is 0 Å². The molecule has 1 N–H and O–H groups in total. The van der Waals surface area contributed by atoms with Crippen molar-refractivity contribution in [3.8, 4) is 5.75 Å². The van der Waals surface area contributed by atoms with Gasteiger partial charge >= 0.3 is 6.61 Å². The predicted octanol–water partition coefficient (Wildman–Crippen LogP) is 3.15. The number of hydrogen-bond acceptors (Lipinski definition) is 3. The Bertz CT molecular complexity index is 590. The Morgan fingerprint density at radius 3 is 2.43 bits per heavy atom. The molecular formula is C15H13F2NO3. The van der Waals surface area contributed by atoms with Crippen LogP contribution in [0.4, 0.5) is 8.78 Å². The molecule has 4 nitrogen and oxygen atoms in total. The molecular weight excluding hydrogens is 280 g/mol. The summed E-state index contributed by atoms with van der Waals surface area (Å²) in [7, 11) is 0. The van der Waals surface area contributed by atoms with E-state index in [0.717, 1.165) is 5.56 Å². The van der Waals surface area contributed by atoms with Gasteiger partial charge in [0, 0.05) is 0 Å².